The number of nitrogen functional groups attached to an aromatic ring is 1. The van der Waals surface area contributed by atoms with Crippen LogP contribution in [0.5, 0.6) is 0 Å². The molecule has 21 heavy (non-hydrogen) atoms. The Kier molecular flexibility index (Phi) is 3.12. The Labute approximate surface area is 123 Å². The van der Waals surface area contributed by atoms with Gasteiger partial charge in [-0.25, -0.2) is 4.98 Å². The second-order valence-electron chi connectivity index (χ2n) is 6.18. The number of nitrogens with one attached hydrogen (secondary N) is 1. The fraction of sp³-hybridized carbons (Fsp3) is 0.312. The summed E-state index contributed by atoms with van der Waals surface area (Å²) in [6.45, 7) is 4.13. The number of para-hydroxylation sites is 1. The number of Topliss-reactive ketones (excluding diaryl/α,β-unsaturated/α-hetero) is 1. The van der Waals surface area contributed by atoms with E-state index in [1.54, 1.807) is 0 Å². The van der Waals surface area contributed by atoms with Crippen LogP contribution in [0.15, 0.2) is 30.3 Å². The Morgan fingerprint density at radius 2 is 1.86 bits per heavy atom. The van der Waals surface area contributed by atoms with Crippen LogP contribution in [0, 0.1) is 5.41 Å². The maximum Gasteiger partial charge on any atom is 0.222 e. The Balaban J connectivity index is 2.06. The second-order valence-corrected chi connectivity index (χ2v) is 6.18. The zero-order valence-electron chi connectivity index (χ0n) is 12.2. The summed E-state index contributed by atoms with van der Waals surface area (Å²) in [5.74, 6) is 0.765. The first-order valence-corrected chi connectivity index (χ1v) is 6.96. The van der Waals surface area contributed by atoms with Crippen LogP contribution in [0.25, 0.3) is 0 Å². The normalized spacial score (nSPS) is 16.4. The van der Waals surface area contributed by atoms with E-state index in [-0.39, 0.29) is 17.1 Å². The van der Waals surface area contributed by atoms with Gasteiger partial charge in [0.15, 0.2) is 5.78 Å². The molecule has 0 bridgehead atoms. The second kappa shape index (κ2) is 4.84. The maximum atomic E-state index is 12.5. The van der Waals surface area contributed by atoms with Crippen LogP contribution in [0.3, 0.4) is 0 Å². The summed E-state index contributed by atoms with van der Waals surface area (Å²) < 4.78 is 0. The standard InChI is InChI=1S/C16H18N4O/c1-16(2)8-11-13(12(21)9-16)14(20-15(17)19-11)18-10-6-4-3-5-7-10/h3-7H,8-9H2,1-2H3,(H3,17,18,19,20). The van der Waals surface area contributed by atoms with Crippen molar-refractivity contribution in [2.24, 2.45) is 5.41 Å². The number of aromatic nitrogens is 2. The first kappa shape index (κ1) is 13.5. The first-order valence-electron chi connectivity index (χ1n) is 6.96. The average Bonchev–Trinajstić information content (AvgIpc) is 2.36. The largest absolute Gasteiger partial charge is 0.368 e. The third kappa shape index (κ3) is 2.72. The molecule has 1 heterocycles. The van der Waals surface area contributed by atoms with E-state index in [9.17, 15) is 4.79 Å². The lowest BCUT2D eigenvalue weighted by Crippen LogP contribution is -2.29. The Morgan fingerprint density at radius 3 is 2.57 bits per heavy atom. The predicted octanol–water partition coefficient (Wildman–Crippen LogP) is 2.96. The summed E-state index contributed by atoms with van der Waals surface area (Å²) in [5.41, 5.74) is 7.89. The summed E-state index contributed by atoms with van der Waals surface area (Å²) in [6, 6.07) is 9.61. The minimum atomic E-state index is -0.0884. The molecule has 1 aliphatic rings. The van der Waals surface area contributed by atoms with Crippen molar-refractivity contribution in [2.75, 3.05) is 11.1 Å². The highest BCUT2D eigenvalue weighted by molar-refractivity contribution is 6.03. The van der Waals surface area contributed by atoms with Gasteiger partial charge in [0.2, 0.25) is 5.95 Å². The number of carbonyl (C=O) groups excluding carboxylic acids is 1. The van der Waals surface area contributed by atoms with Crippen molar-refractivity contribution in [3.05, 3.63) is 41.6 Å². The number of ketones is 1. The van der Waals surface area contributed by atoms with Crippen molar-refractivity contribution >= 4 is 23.2 Å². The van der Waals surface area contributed by atoms with Gasteiger partial charge in [0.25, 0.3) is 0 Å². The summed E-state index contributed by atoms with van der Waals surface area (Å²) in [4.78, 5) is 20.9. The molecule has 2 aromatic rings. The van der Waals surface area contributed by atoms with Gasteiger partial charge < -0.3 is 11.1 Å². The SMILES string of the molecule is CC1(C)CC(=O)c2c(nc(N)nc2Nc2ccccc2)C1. The van der Waals surface area contributed by atoms with Gasteiger partial charge >= 0.3 is 0 Å². The van der Waals surface area contributed by atoms with Crippen LogP contribution in [0.1, 0.15) is 36.3 Å². The Bertz CT molecular complexity index is 695. The molecule has 108 valence electrons. The molecular weight excluding hydrogens is 264 g/mol. The summed E-state index contributed by atoms with van der Waals surface area (Å²) in [5, 5.41) is 3.18. The Hall–Kier alpha value is -2.43. The monoisotopic (exact) mass is 282 g/mol. The zero-order valence-corrected chi connectivity index (χ0v) is 12.2. The van der Waals surface area contributed by atoms with Crippen molar-refractivity contribution in [3.8, 4) is 0 Å². The van der Waals surface area contributed by atoms with Crippen molar-refractivity contribution in [1.29, 1.82) is 0 Å². The highest BCUT2D eigenvalue weighted by Gasteiger charge is 2.34. The highest BCUT2D eigenvalue weighted by Crippen LogP contribution is 2.37. The number of carbonyl (C=O) groups is 1. The van der Waals surface area contributed by atoms with Crippen molar-refractivity contribution in [1.82, 2.24) is 9.97 Å². The van der Waals surface area contributed by atoms with Gasteiger partial charge in [-0.1, -0.05) is 32.0 Å². The van der Waals surface area contributed by atoms with E-state index in [0.29, 0.717) is 17.8 Å². The molecule has 0 aliphatic heterocycles. The topological polar surface area (TPSA) is 80.9 Å². The van der Waals surface area contributed by atoms with Gasteiger partial charge in [0.1, 0.15) is 5.82 Å². The van der Waals surface area contributed by atoms with Crippen molar-refractivity contribution in [3.63, 3.8) is 0 Å². The van der Waals surface area contributed by atoms with Gasteiger partial charge in [-0.05, 0) is 24.0 Å². The zero-order chi connectivity index (χ0) is 15.0. The molecule has 0 spiro atoms. The van der Waals surface area contributed by atoms with E-state index in [2.05, 4.69) is 29.1 Å². The average molecular weight is 282 g/mol. The number of fused-ring (bicyclic) bond motifs is 1. The molecule has 1 aliphatic carbocycles. The number of hydrogen-bond acceptors (Lipinski definition) is 5. The van der Waals surface area contributed by atoms with E-state index in [0.717, 1.165) is 17.8 Å². The molecule has 0 saturated heterocycles. The lowest BCUT2D eigenvalue weighted by molar-refractivity contribution is 0.0911. The molecule has 0 fully saturated rings. The Morgan fingerprint density at radius 1 is 1.14 bits per heavy atom. The van der Waals surface area contributed by atoms with E-state index < -0.39 is 0 Å². The van der Waals surface area contributed by atoms with E-state index in [4.69, 9.17) is 5.73 Å². The first-order chi connectivity index (χ1) is 9.94. The third-order valence-corrected chi connectivity index (χ3v) is 3.60. The molecule has 5 nitrogen and oxygen atoms in total. The van der Waals surface area contributed by atoms with Crippen LogP contribution in [0.4, 0.5) is 17.5 Å². The number of nitrogens with zero attached hydrogens (tertiary/aromatic N) is 2. The van der Waals surface area contributed by atoms with E-state index in [1.807, 2.05) is 30.3 Å². The maximum absolute atomic E-state index is 12.5. The molecule has 3 rings (SSSR count). The fourth-order valence-electron chi connectivity index (χ4n) is 2.73. The molecule has 0 unspecified atom stereocenters. The molecular formula is C16H18N4O. The molecule has 1 aromatic heterocycles. The van der Waals surface area contributed by atoms with Gasteiger partial charge in [0.05, 0.1) is 11.3 Å². The highest BCUT2D eigenvalue weighted by atomic mass is 16.1. The van der Waals surface area contributed by atoms with Crippen LogP contribution in [-0.4, -0.2) is 15.8 Å². The fourth-order valence-corrected chi connectivity index (χ4v) is 2.73. The third-order valence-electron chi connectivity index (χ3n) is 3.60. The number of benzene rings is 1. The number of anilines is 3. The molecule has 5 heteroatoms. The lowest BCUT2D eigenvalue weighted by Gasteiger charge is -2.30. The summed E-state index contributed by atoms with van der Waals surface area (Å²) in [7, 11) is 0. The van der Waals surface area contributed by atoms with Gasteiger partial charge in [-0.3, -0.25) is 4.79 Å². The van der Waals surface area contributed by atoms with Crippen LogP contribution in [-0.2, 0) is 6.42 Å². The number of hydrogen-bond donors (Lipinski definition) is 2. The van der Waals surface area contributed by atoms with Crippen LogP contribution >= 0.6 is 0 Å². The number of rotatable bonds is 2. The molecule has 0 saturated carbocycles. The smallest absolute Gasteiger partial charge is 0.222 e. The van der Waals surface area contributed by atoms with Crippen molar-refractivity contribution < 1.29 is 4.79 Å². The lowest BCUT2D eigenvalue weighted by atomic mass is 9.76. The molecule has 3 N–H and O–H groups in total. The van der Waals surface area contributed by atoms with E-state index in [1.165, 1.54) is 0 Å². The number of nitrogens with two attached hydrogens (primary N) is 1. The van der Waals surface area contributed by atoms with Crippen LogP contribution in [0.2, 0.25) is 0 Å². The molecule has 0 atom stereocenters. The van der Waals surface area contributed by atoms with Crippen LogP contribution < -0.4 is 11.1 Å². The quantitative estimate of drug-likeness (QED) is 0.885. The van der Waals surface area contributed by atoms with Crippen molar-refractivity contribution in [2.45, 2.75) is 26.7 Å². The predicted molar refractivity (Wildman–Crippen MR) is 82.6 cm³/mol. The molecule has 0 amide bonds. The molecule has 1 aromatic carbocycles. The van der Waals surface area contributed by atoms with Gasteiger partial charge in [-0.15, -0.1) is 0 Å². The van der Waals surface area contributed by atoms with Gasteiger partial charge in [0, 0.05) is 12.1 Å². The minimum Gasteiger partial charge on any atom is -0.368 e. The van der Waals surface area contributed by atoms with E-state index >= 15 is 0 Å². The summed E-state index contributed by atoms with van der Waals surface area (Å²) in [6.07, 6.45) is 1.22. The minimum absolute atomic E-state index is 0.0691. The molecule has 0 radical (unpaired) electrons. The summed E-state index contributed by atoms with van der Waals surface area (Å²) >= 11 is 0. The van der Waals surface area contributed by atoms with Gasteiger partial charge in [-0.2, -0.15) is 4.98 Å².